The van der Waals surface area contributed by atoms with E-state index in [0.717, 1.165) is 18.8 Å². The van der Waals surface area contributed by atoms with E-state index in [1.165, 1.54) is 5.56 Å². The van der Waals surface area contributed by atoms with E-state index in [1.54, 1.807) is 7.11 Å². The van der Waals surface area contributed by atoms with E-state index in [2.05, 4.69) is 4.90 Å². The highest BCUT2D eigenvalue weighted by Crippen LogP contribution is 2.13. The fourth-order valence-electron chi connectivity index (χ4n) is 1.88. The molecule has 0 atom stereocenters. The standard InChI is InChI=1S/C13H17NO3/c1-16-13-4-2-11(3-5-13)8-14-6-7-17-10-12(15)9-14/h2-5H,6-10H2,1H3. The van der Waals surface area contributed by atoms with Crippen LogP contribution in [0.15, 0.2) is 24.3 Å². The van der Waals surface area contributed by atoms with Crippen molar-refractivity contribution in [3.05, 3.63) is 29.8 Å². The topological polar surface area (TPSA) is 38.8 Å². The first-order chi connectivity index (χ1) is 8.28. The largest absolute Gasteiger partial charge is 0.497 e. The second-order valence-corrected chi connectivity index (χ2v) is 4.15. The van der Waals surface area contributed by atoms with Gasteiger partial charge in [-0.25, -0.2) is 0 Å². The van der Waals surface area contributed by atoms with Gasteiger partial charge < -0.3 is 9.47 Å². The average molecular weight is 235 g/mol. The molecule has 17 heavy (non-hydrogen) atoms. The Morgan fingerprint density at radius 3 is 2.82 bits per heavy atom. The van der Waals surface area contributed by atoms with Gasteiger partial charge in [-0.15, -0.1) is 0 Å². The van der Waals surface area contributed by atoms with Gasteiger partial charge in [-0.2, -0.15) is 0 Å². The summed E-state index contributed by atoms with van der Waals surface area (Å²) >= 11 is 0. The van der Waals surface area contributed by atoms with Crippen LogP contribution in [0.2, 0.25) is 0 Å². The van der Waals surface area contributed by atoms with Gasteiger partial charge in [0.1, 0.15) is 12.4 Å². The lowest BCUT2D eigenvalue weighted by Crippen LogP contribution is -2.29. The Bertz CT molecular complexity index is 375. The van der Waals surface area contributed by atoms with Crippen LogP contribution in [0.1, 0.15) is 5.56 Å². The summed E-state index contributed by atoms with van der Waals surface area (Å²) in [5.74, 6) is 1.00. The Kier molecular flexibility index (Phi) is 4.12. The first-order valence-corrected chi connectivity index (χ1v) is 5.72. The van der Waals surface area contributed by atoms with Crippen molar-refractivity contribution in [1.82, 2.24) is 4.90 Å². The first kappa shape index (κ1) is 12.1. The summed E-state index contributed by atoms with van der Waals surface area (Å²) in [7, 11) is 1.65. The van der Waals surface area contributed by atoms with Gasteiger partial charge in [-0.1, -0.05) is 12.1 Å². The van der Waals surface area contributed by atoms with Gasteiger partial charge >= 0.3 is 0 Å². The van der Waals surface area contributed by atoms with Crippen molar-refractivity contribution < 1.29 is 14.3 Å². The Morgan fingerprint density at radius 1 is 1.35 bits per heavy atom. The summed E-state index contributed by atoms with van der Waals surface area (Å²) in [5, 5.41) is 0. The maximum Gasteiger partial charge on any atom is 0.172 e. The van der Waals surface area contributed by atoms with E-state index in [0.29, 0.717) is 13.2 Å². The van der Waals surface area contributed by atoms with E-state index in [1.807, 2.05) is 24.3 Å². The fourth-order valence-corrected chi connectivity index (χ4v) is 1.88. The van der Waals surface area contributed by atoms with Gasteiger partial charge in [0.05, 0.1) is 20.3 Å². The highest BCUT2D eigenvalue weighted by molar-refractivity contribution is 5.81. The quantitative estimate of drug-likeness (QED) is 0.786. The monoisotopic (exact) mass is 235 g/mol. The van der Waals surface area contributed by atoms with Crippen LogP contribution >= 0.6 is 0 Å². The van der Waals surface area contributed by atoms with Crippen molar-refractivity contribution in [2.24, 2.45) is 0 Å². The molecule has 1 aliphatic rings. The van der Waals surface area contributed by atoms with Gasteiger partial charge in [0.15, 0.2) is 5.78 Å². The van der Waals surface area contributed by atoms with Crippen molar-refractivity contribution in [2.45, 2.75) is 6.54 Å². The third-order valence-corrected chi connectivity index (χ3v) is 2.78. The second kappa shape index (κ2) is 5.80. The molecule has 1 aromatic carbocycles. The van der Waals surface area contributed by atoms with E-state index >= 15 is 0 Å². The number of nitrogens with zero attached hydrogens (tertiary/aromatic N) is 1. The molecule has 1 aliphatic heterocycles. The zero-order valence-corrected chi connectivity index (χ0v) is 10.0. The molecule has 1 fully saturated rings. The smallest absolute Gasteiger partial charge is 0.172 e. The molecule has 0 saturated carbocycles. The summed E-state index contributed by atoms with van der Waals surface area (Å²) in [6.07, 6.45) is 0. The molecule has 0 unspecified atom stereocenters. The van der Waals surface area contributed by atoms with E-state index in [-0.39, 0.29) is 12.4 Å². The molecular weight excluding hydrogens is 218 g/mol. The van der Waals surface area contributed by atoms with Crippen LogP contribution in [-0.4, -0.2) is 44.1 Å². The molecule has 4 nitrogen and oxygen atoms in total. The summed E-state index contributed by atoms with van der Waals surface area (Å²) in [4.78, 5) is 13.5. The van der Waals surface area contributed by atoms with Crippen molar-refractivity contribution in [3.63, 3.8) is 0 Å². The van der Waals surface area contributed by atoms with Gasteiger partial charge in [0.2, 0.25) is 0 Å². The molecule has 1 aromatic rings. The van der Waals surface area contributed by atoms with Crippen LogP contribution in [0, 0.1) is 0 Å². The third kappa shape index (κ3) is 3.54. The van der Waals surface area contributed by atoms with Crippen LogP contribution < -0.4 is 4.74 Å². The molecule has 0 amide bonds. The van der Waals surface area contributed by atoms with Gasteiger partial charge in [0.25, 0.3) is 0 Å². The number of rotatable bonds is 3. The van der Waals surface area contributed by atoms with Gasteiger partial charge in [0, 0.05) is 13.1 Å². The number of hydrogen-bond acceptors (Lipinski definition) is 4. The minimum atomic E-state index is 0.149. The molecule has 2 rings (SSSR count). The number of Topliss-reactive ketones (excluding diaryl/α,β-unsaturated/α-hetero) is 1. The highest BCUT2D eigenvalue weighted by Gasteiger charge is 2.15. The van der Waals surface area contributed by atoms with Crippen molar-refractivity contribution in [2.75, 3.05) is 33.4 Å². The Balaban J connectivity index is 1.96. The van der Waals surface area contributed by atoms with Crippen molar-refractivity contribution >= 4 is 5.78 Å². The summed E-state index contributed by atoms with van der Waals surface area (Å²) < 4.78 is 10.3. The first-order valence-electron chi connectivity index (χ1n) is 5.72. The predicted octanol–water partition coefficient (Wildman–Crippen LogP) is 1.10. The summed E-state index contributed by atoms with van der Waals surface area (Å²) in [6, 6.07) is 7.92. The number of hydrogen-bond donors (Lipinski definition) is 0. The lowest BCUT2D eigenvalue weighted by Gasteiger charge is -2.18. The Hall–Kier alpha value is -1.39. The fraction of sp³-hybridized carbons (Fsp3) is 0.462. The molecule has 4 heteroatoms. The highest BCUT2D eigenvalue weighted by atomic mass is 16.5. The number of ketones is 1. The number of carbonyl (C=O) groups excluding carboxylic acids is 1. The minimum Gasteiger partial charge on any atom is -0.497 e. The molecule has 0 spiro atoms. The number of ether oxygens (including phenoxy) is 2. The summed E-state index contributed by atoms with van der Waals surface area (Å²) in [6.45, 7) is 2.93. The Labute approximate surface area is 101 Å². The number of methoxy groups -OCH3 is 1. The minimum absolute atomic E-state index is 0.149. The van der Waals surface area contributed by atoms with Gasteiger partial charge in [-0.05, 0) is 17.7 Å². The number of benzene rings is 1. The summed E-state index contributed by atoms with van der Waals surface area (Å²) in [5.41, 5.74) is 1.18. The zero-order chi connectivity index (χ0) is 12.1. The molecule has 0 radical (unpaired) electrons. The maximum atomic E-state index is 11.4. The van der Waals surface area contributed by atoms with E-state index in [4.69, 9.17) is 9.47 Å². The SMILES string of the molecule is COc1ccc(CN2CCOCC(=O)C2)cc1. The van der Waals surface area contributed by atoms with E-state index in [9.17, 15) is 4.79 Å². The van der Waals surface area contributed by atoms with E-state index < -0.39 is 0 Å². The molecule has 1 heterocycles. The molecule has 0 bridgehead atoms. The average Bonchev–Trinajstić information content (AvgIpc) is 2.55. The Morgan fingerprint density at radius 2 is 2.12 bits per heavy atom. The van der Waals surface area contributed by atoms with Crippen LogP contribution in [0.4, 0.5) is 0 Å². The van der Waals surface area contributed by atoms with Gasteiger partial charge in [-0.3, -0.25) is 9.69 Å². The van der Waals surface area contributed by atoms with Crippen molar-refractivity contribution in [3.8, 4) is 5.75 Å². The predicted molar refractivity (Wildman–Crippen MR) is 64.1 cm³/mol. The van der Waals surface area contributed by atoms with Crippen LogP contribution in [-0.2, 0) is 16.1 Å². The lowest BCUT2D eigenvalue weighted by molar-refractivity contribution is -0.122. The molecule has 1 saturated heterocycles. The molecule has 0 aromatic heterocycles. The molecule has 0 aliphatic carbocycles. The molecule has 92 valence electrons. The van der Waals surface area contributed by atoms with Crippen LogP contribution in [0.5, 0.6) is 5.75 Å². The van der Waals surface area contributed by atoms with Crippen molar-refractivity contribution in [1.29, 1.82) is 0 Å². The van der Waals surface area contributed by atoms with Crippen LogP contribution in [0.25, 0.3) is 0 Å². The third-order valence-electron chi connectivity index (χ3n) is 2.78. The second-order valence-electron chi connectivity index (χ2n) is 4.15. The maximum absolute atomic E-state index is 11.4. The van der Waals surface area contributed by atoms with Crippen LogP contribution in [0.3, 0.4) is 0 Å². The normalized spacial score (nSPS) is 17.8. The number of carbonyl (C=O) groups is 1. The molecular formula is C13H17NO3. The zero-order valence-electron chi connectivity index (χ0n) is 10.0. The molecule has 0 N–H and O–H groups in total. The lowest BCUT2D eigenvalue weighted by atomic mass is 10.2.